The van der Waals surface area contributed by atoms with Gasteiger partial charge in [-0.25, -0.2) is 0 Å². The number of hydrogen-bond acceptors (Lipinski definition) is 4. The van der Waals surface area contributed by atoms with Crippen molar-refractivity contribution in [2.75, 3.05) is 14.2 Å². The molecule has 6 nitrogen and oxygen atoms in total. The third-order valence-electron chi connectivity index (χ3n) is 5.85. The highest BCUT2D eigenvalue weighted by molar-refractivity contribution is 6.00. The monoisotopic (exact) mass is 425 g/mol. The lowest BCUT2D eigenvalue weighted by Gasteiger charge is -2.26. The van der Waals surface area contributed by atoms with Gasteiger partial charge in [0.25, 0.3) is 5.91 Å². The Kier molecular flexibility index (Phi) is 5.11. The van der Waals surface area contributed by atoms with E-state index in [4.69, 9.17) is 9.47 Å². The van der Waals surface area contributed by atoms with Gasteiger partial charge in [0.15, 0.2) is 0 Å². The summed E-state index contributed by atoms with van der Waals surface area (Å²) in [5.74, 6) is 1.51. The molecular formula is C26H23N3O3. The van der Waals surface area contributed by atoms with Crippen LogP contribution in [-0.4, -0.2) is 35.2 Å². The average molecular weight is 425 g/mol. The number of carbonyl (C=O) groups excluding carboxylic acids is 1. The smallest absolute Gasteiger partial charge is 0.273 e. The molecule has 0 fully saturated rings. The minimum Gasteiger partial charge on any atom is -0.497 e. The summed E-state index contributed by atoms with van der Waals surface area (Å²) in [5, 5.41) is 7.53. The number of aromatic amines is 1. The van der Waals surface area contributed by atoms with E-state index in [1.54, 1.807) is 14.2 Å². The van der Waals surface area contributed by atoms with E-state index in [-0.39, 0.29) is 11.9 Å². The van der Waals surface area contributed by atoms with E-state index in [9.17, 15) is 4.79 Å². The van der Waals surface area contributed by atoms with Crippen molar-refractivity contribution in [3.63, 3.8) is 0 Å². The lowest BCUT2D eigenvalue weighted by Crippen LogP contribution is -2.29. The Bertz CT molecular complexity index is 1230. The Morgan fingerprint density at radius 3 is 2.12 bits per heavy atom. The van der Waals surface area contributed by atoms with Crippen LogP contribution in [0.3, 0.4) is 0 Å². The van der Waals surface area contributed by atoms with Crippen LogP contribution in [0.15, 0.2) is 78.9 Å². The minimum atomic E-state index is -0.239. The first-order chi connectivity index (χ1) is 15.7. The molecule has 1 atom stereocenters. The highest BCUT2D eigenvalue weighted by Crippen LogP contribution is 2.43. The lowest BCUT2D eigenvalue weighted by atomic mass is 9.96. The number of ether oxygens (including phenoxy) is 2. The average Bonchev–Trinajstić information content (AvgIpc) is 3.39. The number of rotatable bonds is 6. The lowest BCUT2D eigenvalue weighted by molar-refractivity contribution is 0.0730. The second-order valence-corrected chi connectivity index (χ2v) is 7.68. The molecule has 1 amide bonds. The van der Waals surface area contributed by atoms with Crippen LogP contribution in [0.4, 0.5) is 0 Å². The summed E-state index contributed by atoms with van der Waals surface area (Å²) in [4.78, 5) is 15.4. The molecule has 5 rings (SSSR count). The van der Waals surface area contributed by atoms with E-state index >= 15 is 0 Å². The SMILES string of the molecule is COc1ccc(CN2C(=O)c3[nH]nc(-c4ccc(OC)cc4)c3C2c2ccccc2)cc1. The molecule has 3 aromatic carbocycles. The van der Waals surface area contributed by atoms with Gasteiger partial charge in [-0.2, -0.15) is 5.10 Å². The normalized spacial score (nSPS) is 15.0. The van der Waals surface area contributed by atoms with E-state index in [2.05, 4.69) is 22.3 Å². The van der Waals surface area contributed by atoms with Crippen LogP contribution >= 0.6 is 0 Å². The van der Waals surface area contributed by atoms with Gasteiger partial charge in [0.2, 0.25) is 0 Å². The maximum atomic E-state index is 13.5. The van der Waals surface area contributed by atoms with Crippen LogP contribution in [0, 0.1) is 0 Å². The zero-order valence-electron chi connectivity index (χ0n) is 17.9. The number of nitrogens with zero attached hydrogens (tertiary/aromatic N) is 2. The third kappa shape index (κ3) is 3.39. The van der Waals surface area contributed by atoms with E-state index < -0.39 is 0 Å². The Morgan fingerprint density at radius 1 is 0.875 bits per heavy atom. The summed E-state index contributed by atoms with van der Waals surface area (Å²) in [6.45, 7) is 0.479. The predicted octanol–water partition coefficient (Wildman–Crippen LogP) is 4.84. The molecule has 6 heteroatoms. The predicted molar refractivity (Wildman–Crippen MR) is 122 cm³/mol. The number of nitrogens with one attached hydrogen (secondary N) is 1. The topological polar surface area (TPSA) is 67.5 Å². The van der Waals surface area contributed by atoms with Crippen LogP contribution in [0.5, 0.6) is 11.5 Å². The summed E-state index contributed by atoms with van der Waals surface area (Å²) in [6.07, 6.45) is 0. The molecule has 0 saturated carbocycles. The molecule has 2 heterocycles. The van der Waals surface area contributed by atoms with Gasteiger partial charge in [-0.15, -0.1) is 0 Å². The Balaban J connectivity index is 1.58. The molecule has 0 saturated heterocycles. The first kappa shape index (κ1) is 19.9. The van der Waals surface area contributed by atoms with Crippen molar-refractivity contribution in [3.05, 3.63) is 101 Å². The van der Waals surface area contributed by atoms with Crippen molar-refractivity contribution < 1.29 is 14.3 Å². The number of aromatic nitrogens is 2. The quantitative estimate of drug-likeness (QED) is 0.480. The highest BCUT2D eigenvalue weighted by Gasteiger charge is 2.42. The van der Waals surface area contributed by atoms with Gasteiger partial charge < -0.3 is 14.4 Å². The van der Waals surface area contributed by atoms with Crippen molar-refractivity contribution in [2.24, 2.45) is 0 Å². The van der Waals surface area contributed by atoms with Crippen molar-refractivity contribution in [1.82, 2.24) is 15.1 Å². The summed E-state index contributed by atoms with van der Waals surface area (Å²) < 4.78 is 10.6. The van der Waals surface area contributed by atoms with Gasteiger partial charge in [0.05, 0.1) is 26.0 Å². The molecule has 1 aromatic heterocycles. The third-order valence-corrected chi connectivity index (χ3v) is 5.85. The van der Waals surface area contributed by atoms with Gasteiger partial charge >= 0.3 is 0 Å². The van der Waals surface area contributed by atoms with Crippen molar-refractivity contribution >= 4 is 5.91 Å². The fourth-order valence-electron chi connectivity index (χ4n) is 4.24. The maximum absolute atomic E-state index is 13.5. The minimum absolute atomic E-state index is 0.0584. The second-order valence-electron chi connectivity index (χ2n) is 7.68. The van der Waals surface area contributed by atoms with Gasteiger partial charge in [0.1, 0.15) is 17.2 Å². The molecule has 160 valence electrons. The summed E-state index contributed by atoms with van der Waals surface area (Å²) in [5.41, 5.74) is 5.23. The molecule has 32 heavy (non-hydrogen) atoms. The van der Waals surface area contributed by atoms with Crippen LogP contribution < -0.4 is 9.47 Å². The number of amides is 1. The van der Waals surface area contributed by atoms with E-state index in [0.717, 1.165) is 39.4 Å². The molecule has 0 bridgehead atoms. The Morgan fingerprint density at radius 2 is 1.50 bits per heavy atom. The van der Waals surface area contributed by atoms with E-state index in [1.165, 1.54) is 0 Å². The fourth-order valence-corrected chi connectivity index (χ4v) is 4.24. The fraction of sp³-hybridized carbons (Fsp3) is 0.154. The number of fused-ring (bicyclic) bond motifs is 1. The molecule has 0 radical (unpaired) electrons. The van der Waals surface area contributed by atoms with Crippen LogP contribution in [0.2, 0.25) is 0 Å². The molecular weight excluding hydrogens is 402 g/mol. The number of carbonyl (C=O) groups is 1. The molecule has 1 N–H and O–H groups in total. The standard InChI is InChI=1S/C26H23N3O3/c1-31-20-12-8-17(9-13-20)16-29-25(19-6-4-3-5-7-19)22-23(27-28-24(22)26(29)30)18-10-14-21(32-2)15-11-18/h3-15,25H,16H2,1-2H3,(H,27,28). The molecule has 0 spiro atoms. The van der Waals surface area contributed by atoms with Crippen LogP contribution in [0.1, 0.15) is 33.2 Å². The summed E-state index contributed by atoms with van der Waals surface area (Å²) >= 11 is 0. The van der Waals surface area contributed by atoms with Crippen molar-refractivity contribution in [1.29, 1.82) is 0 Å². The van der Waals surface area contributed by atoms with Gasteiger partial charge in [0, 0.05) is 17.7 Å². The molecule has 0 aliphatic carbocycles. The zero-order chi connectivity index (χ0) is 22.1. The van der Waals surface area contributed by atoms with Crippen molar-refractivity contribution in [3.8, 4) is 22.8 Å². The first-order valence-electron chi connectivity index (χ1n) is 10.4. The molecule has 4 aromatic rings. The largest absolute Gasteiger partial charge is 0.497 e. The number of hydrogen-bond donors (Lipinski definition) is 1. The number of methoxy groups -OCH3 is 2. The van der Waals surface area contributed by atoms with E-state index in [1.807, 2.05) is 71.6 Å². The Hall–Kier alpha value is -4.06. The maximum Gasteiger partial charge on any atom is 0.273 e. The molecule has 1 unspecified atom stereocenters. The highest BCUT2D eigenvalue weighted by atomic mass is 16.5. The number of H-pyrrole nitrogens is 1. The summed E-state index contributed by atoms with van der Waals surface area (Å²) in [7, 11) is 3.28. The van der Waals surface area contributed by atoms with Gasteiger partial charge in [-0.05, 0) is 47.5 Å². The van der Waals surface area contributed by atoms with Crippen molar-refractivity contribution in [2.45, 2.75) is 12.6 Å². The van der Waals surface area contributed by atoms with Gasteiger partial charge in [-0.3, -0.25) is 9.89 Å². The molecule has 1 aliphatic heterocycles. The van der Waals surface area contributed by atoms with Gasteiger partial charge in [-0.1, -0.05) is 42.5 Å². The van der Waals surface area contributed by atoms with Crippen LogP contribution in [0.25, 0.3) is 11.3 Å². The summed E-state index contributed by atoms with van der Waals surface area (Å²) in [6, 6.07) is 25.4. The molecule has 1 aliphatic rings. The number of benzene rings is 3. The van der Waals surface area contributed by atoms with Crippen LogP contribution in [-0.2, 0) is 6.54 Å². The first-order valence-corrected chi connectivity index (χ1v) is 10.4. The van der Waals surface area contributed by atoms with E-state index in [0.29, 0.717) is 12.2 Å². The second kappa shape index (κ2) is 8.23. The zero-order valence-corrected chi connectivity index (χ0v) is 17.9. The Labute approximate surface area is 186 Å².